The van der Waals surface area contributed by atoms with Gasteiger partial charge in [-0.05, 0) is 36.4 Å². The van der Waals surface area contributed by atoms with E-state index in [2.05, 4.69) is 72.8 Å². The number of esters is 1. The zero-order chi connectivity index (χ0) is 17.5. The quantitative estimate of drug-likeness (QED) is 0.295. The van der Waals surface area contributed by atoms with E-state index >= 15 is 0 Å². The van der Waals surface area contributed by atoms with E-state index in [4.69, 9.17) is 4.74 Å². The summed E-state index contributed by atoms with van der Waals surface area (Å²) in [5, 5.41) is 3.92. The molecule has 0 aromatic heterocycles. The highest BCUT2D eigenvalue weighted by molar-refractivity contribution is 7.95. The van der Waals surface area contributed by atoms with Crippen LogP contribution in [0.4, 0.5) is 0 Å². The molecule has 0 saturated carbocycles. The molecule has 0 radical (unpaired) electrons. The molecule has 134 valence electrons. The second kappa shape index (κ2) is 9.84. The van der Waals surface area contributed by atoms with Crippen LogP contribution in [0.1, 0.15) is 6.92 Å². The van der Waals surface area contributed by atoms with Crippen molar-refractivity contribution in [1.82, 2.24) is 0 Å². The molecule has 0 N–H and O–H groups in total. The van der Waals surface area contributed by atoms with Crippen molar-refractivity contribution in [3.63, 3.8) is 0 Å². The second-order valence-electron chi connectivity index (χ2n) is 5.88. The van der Waals surface area contributed by atoms with Gasteiger partial charge < -0.3 is 28.7 Å². The Bertz CT molecular complexity index is 711. The lowest BCUT2D eigenvalue weighted by Crippen LogP contribution is -3.00. The first-order chi connectivity index (χ1) is 12.2. The van der Waals surface area contributed by atoms with Gasteiger partial charge in [-0.2, -0.15) is 0 Å². The highest BCUT2D eigenvalue weighted by Crippen LogP contribution is 2.54. The van der Waals surface area contributed by atoms with Crippen molar-refractivity contribution < 1.29 is 33.5 Å². The van der Waals surface area contributed by atoms with E-state index < -0.39 is 7.26 Å². The van der Waals surface area contributed by atoms with Gasteiger partial charge in [0.15, 0.2) is 0 Å². The Kier molecular flexibility index (Phi) is 7.80. The molecule has 0 amide bonds. The molecule has 0 saturated heterocycles. The zero-order valence-electron chi connectivity index (χ0n) is 14.7. The molecule has 4 heteroatoms. The van der Waals surface area contributed by atoms with E-state index in [9.17, 15) is 4.79 Å². The summed E-state index contributed by atoms with van der Waals surface area (Å²) in [6.07, 6.45) is 0.796. The van der Waals surface area contributed by atoms with Crippen LogP contribution in [-0.4, -0.2) is 18.7 Å². The van der Waals surface area contributed by atoms with Gasteiger partial charge in [-0.1, -0.05) is 54.6 Å². The third-order valence-corrected chi connectivity index (χ3v) is 8.72. The first kappa shape index (κ1) is 20.6. The van der Waals surface area contributed by atoms with Crippen LogP contribution >= 0.6 is 7.26 Å². The van der Waals surface area contributed by atoms with Gasteiger partial charge in [-0.3, -0.25) is 4.79 Å². The number of hydrogen-bond donors (Lipinski definition) is 0. The maximum absolute atomic E-state index is 11.3. The van der Waals surface area contributed by atoms with Crippen molar-refractivity contribution in [3.05, 3.63) is 91.0 Å². The fraction of sp³-hybridized carbons (Fsp3) is 0.136. The van der Waals surface area contributed by atoms with Crippen molar-refractivity contribution in [2.45, 2.75) is 6.92 Å². The Labute approximate surface area is 173 Å². The fourth-order valence-corrected chi connectivity index (χ4v) is 7.29. The van der Waals surface area contributed by atoms with Gasteiger partial charge in [0.25, 0.3) is 0 Å². The monoisotopic (exact) mass is 476 g/mol. The average Bonchev–Trinajstić information content (AvgIpc) is 2.67. The number of ether oxygens (including phenoxy) is 1. The summed E-state index contributed by atoms with van der Waals surface area (Å²) in [6.45, 7) is 1.88. The zero-order valence-corrected chi connectivity index (χ0v) is 17.8. The van der Waals surface area contributed by atoms with Crippen molar-refractivity contribution in [1.29, 1.82) is 0 Å². The number of hydrogen-bond acceptors (Lipinski definition) is 2. The van der Waals surface area contributed by atoms with E-state index in [0.717, 1.165) is 6.16 Å². The molecular formula is C22H22IO2P. The summed E-state index contributed by atoms with van der Waals surface area (Å²) in [4.78, 5) is 11.3. The van der Waals surface area contributed by atoms with Crippen LogP contribution in [-0.2, 0) is 9.53 Å². The maximum Gasteiger partial charge on any atom is 0.302 e. The predicted molar refractivity (Wildman–Crippen MR) is 107 cm³/mol. The summed E-state index contributed by atoms with van der Waals surface area (Å²) in [6, 6.07) is 31.8. The van der Waals surface area contributed by atoms with Crippen LogP contribution in [0.25, 0.3) is 0 Å². The highest BCUT2D eigenvalue weighted by atomic mass is 127. The fourth-order valence-electron chi connectivity index (χ4n) is 3.21. The van der Waals surface area contributed by atoms with Gasteiger partial charge in [0, 0.05) is 6.92 Å². The number of halogens is 1. The molecule has 3 rings (SSSR count). The maximum atomic E-state index is 11.3. The molecule has 0 spiro atoms. The molecule has 3 aromatic carbocycles. The van der Waals surface area contributed by atoms with Gasteiger partial charge >= 0.3 is 5.97 Å². The molecule has 26 heavy (non-hydrogen) atoms. The summed E-state index contributed by atoms with van der Waals surface area (Å²) in [5.41, 5.74) is 0. The topological polar surface area (TPSA) is 26.3 Å². The molecule has 0 heterocycles. The summed E-state index contributed by atoms with van der Waals surface area (Å²) in [7, 11) is -1.89. The van der Waals surface area contributed by atoms with Crippen LogP contribution in [0, 0.1) is 0 Å². The summed E-state index contributed by atoms with van der Waals surface area (Å²) < 4.78 is 5.35. The van der Waals surface area contributed by atoms with Crippen LogP contribution in [0.15, 0.2) is 91.0 Å². The van der Waals surface area contributed by atoms with Gasteiger partial charge in [-0.15, -0.1) is 0 Å². The van der Waals surface area contributed by atoms with E-state index in [1.807, 2.05) is 18.2 Å². The Balaban J connectivity index is 0.00000243. The first-order valence-electron chi connectivity index (χ1n) is 8.42. The second-order valence-corrected chi connectivity index (χ2v) is 9.50. The van der Waals surface area contributed by atoms with Crippen LogP contribution in [0.5, 0.6) is 0 Å². The number of carbonyl (C=O) groups is 1. The molecule has 2 nitrogen and oxygen atoms in total. The van der Waals surface area contributed by atoms with E-state index in [-0.39, 0.29) is 29.9 Å². The Morgan fingerprint density at radius 2 is 1.08 bits per heavy atom. The van der Waals surface area contributed by atoms with Crippen LogP contribution < -0.4 is 39.9 Å². The Morgan fingerprint density at radius 3 is 1.38 bits per heavy atom. The first-order valence-corrected chi connectivity index (χ1v) is 10.4. The molecule has 0 aliphatic heterocycles. The van der Waals surface area contributed by atoms with Gasteiger partial charge in [-0.25, -0.2) is 0 Å². The molecule has 0 aliphatic carbocycles. The lowest BCUT2D eigenvalue weighted by Gasteiger charge is -2.27. The molecule has 3 aromatic rings. The largest absolute Gasteiger partial charge is 1.00 e. The number of carbonyl (C=O) groups excluding carboxylic acids is 1. The SMILES string of the molecule is CC(=O)OCC[P+](c1ccccc1)(c1ccccc1)c1ccccc1.[I-]. The standard InChI is InChI=1S/C22H22O2P.HI/c1-19(23)24-17-18-25(20-11-5-2-6-12-20,21-13-7-3-8-14-21)22-15-9-4-10-16-22;/h2-16H,17-18H2,1H3;1H/q+1;/p-1. The predicted octanol–water partition coefficient (Wildman–Crippen LogP) is 0.548. The highest BCUT2D eigenvalue weighted by Gasteiger charge is 2.45. The smallest absolute Gasteiger partial charge is 0.302 e. The summed E-state index contributed by atoms with van der Waals surface area (Å²) >= 11 is 0. The lowest BCUT2D eigenvalue weighted by atomic mass is 10.4. The van der Waals surface area contributed by atoms with E-state index in [0.29, 0.717) is 6.61 Å². The minimum absolute atomic E-state index is 0. The van der Waals surface area contributed by atoms with E-state index in [1.165, 1.54) is 22.8 Å². The summed E-state index contributed by atoms with van der Waals surface area (Å²) in [5.74, 6) is -0.229. The Morgan fingerprint density at radius 1 is 0.731 bits per heavy atom. The lowest BCUT2D eigenvalue weighted by molar-refractivity contribution is -0.140. The van der Waals surface area contributed by atoms with Crippen molar-refractivity contribution >= 4 is 29.1 Å². The molecule has 0 fully saturated rings. The molecule has 0 bridgehead atoms. The minimum atomic E-state index is -1.89. The number of benzene rings is 3. The van der Waals surface area contributed by atoms with E-state index in [1.54, 1.807) is 0 Å². The third-order valence-electron chi connectivity index (χ3n) is 4.32. The number of rotatable bonds is 6. The molecule has 0 aliphatic rings. The van der Waals surface area contributed by atoms with Crippen LogP contribution in [0.3, 0.4) is 0 Å². The normalized spacial score (nSPS) is 10.7. The van der Waals surface area contributed by atoms with Crippen LogP contribution in [0.2, 0.25) is 0 Å². The van der Waals surface area contributed by atoms with Crippen molar-refractivity contribution in [2.24, 2.45) is 0 Å². The van der Waals surface area contributed by atoms with Crippen molar-refractivity contribution in [2.75, 3.05) is 12.8 Å². The molecule has 0 unspecified atom stereocenters. The van der Waals surface area contributed by atoms with Gasteiger partial charge in [0.05, 0.1) is 0 Å². The van der Waals surface area contributed by atoms with Crippen molar-refractivity contribution in [3.8, 4) is 0 Å². The van der Waals surface area contributed by atoms with Gasteiger partial charge in [0.1, 0.15) is 35.9 Å². The minimum Gasteiger partial charge on any atom is -1.00 e. The molecular weight excluding hydrogens is 454 g/mol. The Hall–Kier alpha value is -1.71. The molecule has 0 atom stereocenters. The van der Waals surface area contributed by atoms with Gasteiger partial charge in [0.2, 0.25) is 0 Å². The third kappa shape index (κ3) is 4.52. The average molecular weight is 476 g/mol.